The van der Waals surface area contributed by atoms with Gasteiger partial charge < -0.3 is 9.13 Å². The van der Waals surface area contributed by atoms with E-state index in [1.165, 1.54) is 94.0 Å². The van der Waals surface area contributed by atoms with E-state index < -0.39 is 0 Å². The maximum Gasteiger partial charge on any atom is 0.251 e. The molecule has 1 atom stereocenters. The first-order valence-electron chi connectivity index (χ1n) is 20.3. The van der Waals surface area contributed by atoms with Gasteiger partial charge in [0.2, 0.25) is 0 Å². The van der Waals surface area contributed by atoms with Gasteiger partial charge in [-0.15, -0.1) is 0 Å². The van der Waals surface area contributed by atoms with E-state index in [1.54, 1.807) is 5.56 Å². The van der Waals surface area contributed by atoms with E-state index in [0.717, 1.165) is 44.9 Å². The summed E-state index contributed by atoms with van der Waals surface area (Å²) in [5.74, 6) is 0.503. The molecule has 0 radical (unpaired) electrons. The molecule has 0 spiro atoms. The molecule has 11 rings (SSSR count). The lowest BCUT2D eigenvalue weighted by atomic mass is 9.32. The van der Waals surface area contributed by atoms with Crippen molar-refractivity contribution in [1.29, 1.82) is 0 Å². The van der Waals surface area contributed by atoms with Crippen LogP contribution in [0.15, 0.2) is 96.5 Å². The minimum atomic E-state index is 0.0257. The van der Waals surface area contributed by atoms with Crippen molar-refractivity contribution in [3.8, 4) is 0 Å². The maximum atomic E-state index is 2.76. The molecule has 2 aromatic heterocycles. The Hall–Kier alpha value is -4.76. The van der Waals surface area contributed by atoms with Crippen LogP contribution in [-0.2, 0) is 11.8 Å². The van der Waals surface area contributed by atoms with Crippen molar-refractivity contribution in [2.45, 2.75) is 91.9 Å². The van der Waals surface area contributed by atoms with Gasteiger partial charge in [0.05, 0.1) is 5.52 Å². The molecular weight excluding hydrogens is 639 g/mol. The molecule has 2 aliphatic heterocycles. The van der Waals surface area contributed by atoms with E-state index in [-0.39, 0.29) is 17.5 Å². The molecule has 2 nitrogen and oxygen atoms in total. The number of hydrogen-bond donors (Lipinski definition) is 0. The van der Waals surface area contributed by atoms with E-state index >= 15 is 0 Å². The second-order valence-corrected chi connectivity index (χ2v) is 18.7. The minimum absolute atomic E-state index is 0.0257. The molecule has 0 N–H and O–H groups in total. The molecule has 53 heavy (non-hydrogen) atoms. The van der Waals surface area contributed by atoms with Crippen LogP contribution in [0.1, 0.15) is 108 Å². The fourth-order valence-electron chi connectivity index (χ4n) is 10.7. The third-order valence-electron chi connectivity index (χ3n) is 13.5. The summed E-state index contributed by atoms with van der Waals surface area (Å²) in [6, 6.07) is 17.5. The lowest BCUT2D eigenvalue weighted by molar-refractivity contribution is 0.291. The van der Waals surface area contributed by atoms with Gasteiger partial charge in [0.25, 0.3) is 6.71 Å². The summed E-state index contributed by atoms with van der Waals surface area (Å²) in [6.45, 7) is 14.6. The predicted molar refractivity (Wildman–Crippen MR) is 230 cm³/mol. The van der Waals surface area contributed by atoms with E-state index in [9.17, 15) is 0 Å². The van der Waals surface area contributed by atoms with Gasteiger partial charge in [-0.2, -0.15) is 0 Å². The first kappa shape index (κ1) is 31.7. The van der Waals surface area contributed by atoms with Crippen molar-refractivity contribution in [1.82, 2.24) is 9.13 Å². The highest BCUT2D eigenvalue weighted by Crippen LogP contribution is 2.50. The zero-order chi connectivity index (χ0) is 36.0. The average Bonchev–Trinajstić information content (AvgIpc) is 3.68. The van der Waals surface area contributed by atoms with Crippen LogP contribution in [0.3, 0.4) is 0 Å². The summed E-state index contributed by atoms with van der Waals surface area (Å²) in [5.41, 5.74) is 21.9. The number of aromatic nitrogens is 2. The number of allylic oxidation sites excluding steroid dienone is 13. The zero-order valence-corrected chi connectivity index (χ0v) is 32.2. The summed E-state index contributed by atoms with van der Waals surface area (Å²) >= 11 is 0. The highest BCUT2D eigenvalue weighted by atomic mass is 15.1. The Morgan fingerprint density at radius 2 is 1.64 bits per heavy atom. The second-order valence-electron chi connectivity index (χ2n) is 18.7. The van der Waals surface area contributed by atoms with Gasteiger partial charge in [0.15, 0.2) is 0 Å². The number of hydrogen-bond acceptors (Lipinski definition) is 0. The maximum absolute atomic E-state index is 2.76. The quantitative estimate of drug-likeness (QED) is 0.163. The first-order chi connectivity index (χ1) is 25.6. The van der Waals surface area contributed by atoms with Crippen molar-refractivity contribution in [2.75, 3.05) is 0 Å². The van der Waals surface area contributed by atoms with E-state index in [4.69, 9.17) is 0 Å². The molecule has 5 aromatic rings. The van der Waals surface area contributed by atoms with Crippen LogP contribution in [0.5, 0.6) is 0 Å². The molecule has 3 aromatic carbocycles. The minimum Gasteiger partial charge on any atom is -0.314 e. The molecule has 0 saturated heterocycles. The summed E-state index contributed by atoms with van der Waals surface area (Å²) < 4.78 is 5.45. The van der Waals surface area contributed by atoms with Crippen molar-refractivity contribution in [3.05, 3.63) is 124 Å². The fourth-order valence-corrected chi connectivity index (χ4v) is 10.7. The molecule has 0 fully saturated rings. The molecule has 0 amide bonds. The highest BCUT2D eigenvalue weighted by Gasteiger charge is 2.45. The van der Waals surface area contributed by atoms with Crippen LogP contribution >= 0.6 is 0 Å². The van der Waals surface area contributed by atoms with Crippen molar-refractivity contribution in [2.24, 2.45) is 11.3 Å². The fraction of sp³-hybridized carbons (Fsp3) is 0.320. The number of fused-ring (bicyclic) bond motifs is 10. The van der Waals surface area contributed by atoms with Crippen LogP contribution in [0, 0.1) is 11.3 Å². The van der Waals surface area contributed by atoms with E-state index in [1.807, 2.05) is 0 Å². The Morgan fingerprint density at radius 1 is 0.755 bits per heavy atom. The molecule has 0 bridgehead atoms. The molecule has 0 saturated carbocycles. The third-order valence-corrected chi connectivity index (χ3v) is 13.5. The van der Waals surface area contributed by atoms with Crippen LogP contribution in [0.25, 0.3) is 61.3 Å². The van der Waals surface area contributed by atoms with E-state index in [0.29, 0.717) is 5.92 Å². The normalized spacial score (nSPS) is 20.3. The van der Waals surface area contributed by atoms with Crippen LogP contribution in [-0.4, -0.2) is 15.8 Å². The predicted octanol–water partition coefficient (Wildman–Crippen LogP) is 11.8. The van der Waals surface area contributed by atoms with Gasteiger partial charge in [-0.25, -0.2) is 0 Å². The summed E-state index contributed by atoms with van der Waals surface area (Å²) in [7, 11) is 0. The number of benzene rings is 3. The molecular formula is C50H49BN2. The van der Waals surface area contributed by atoms with Gasteiger partial charge >= 0.3 is 0 Å². The Morgan fingerprint density at radius 3 is 2.42 bits per heavy atom. The van der Waals surface area contributed by atoms with Gasteiger partial charge in [-0.3, -0.25) is 0 Å². The van der Waals surface area contributed by atoms with Gasteiger partial charge in [-0.1, -0.05) is 120 Å². The number of nitrogens with zero attached hydrogens (tertiary/aromatic N) is 2. The van der Waals surface area contributed by atoms with Gasteiger partial charge in [0.1, 0.15) is 0 Å². The van der Waals surface area contributed by atoms with Crippen LogP contribution in [0.2, 0.25) is 0 Å². The largest absolute Gasteiger partial charge is 0.314 e. The third kappa shape index (κ3) is 4.40. The number of rotatable bonds is 2. The van der Waals surface area contributed by atoms with Crippen molar-refractivity contribution in [3.63, 3.8) is 0 Å². The van der Waals surface area contributed by atoms with Crippen LogP contribution in [0.4, 0.5) is 0 Å². The molecule has 4 heterocycles. The molecule has 4 aliphatic carbocycles. The standard InChI is InChI=1S/C50H49BN2/c1-49(2,3)33-21-25-41-38(27-33)45-35(31-16-11-8-12-17-31)23-24-39-48(45)52(41)42-18-13-19-43-46(42)51(39)40-29-34(50(4,5)6)28-37-36-22-20-32(30-14-9-7-10-15-30)26-44(36)53(43)47(37)40/h7,9,11,14,16-17,19-26,28-29,33H,8,10,12-13,15,18,27H2,1-6H3. The summed E-state index contributed by atoms with van der Waals surface area (Å²) in [6.07, 6.45) is 29.4. The SMILES string of the molecule is CC(C)(C)c1cc2c3c(c1)c1ccc(C4=CC=CCC4)cc1n3C1=CCCC3=C1B2c1ccc(C2=CCCC=C2)c2c4c(n3c12)C=CC(C(C)(C)C)C4. The Bertz CT molecular complexity index is 2710. The Labute approximate surface area is 314 Å². The van der Waals surface area contributed by atoms with Gasteiger partial charge in [0, 0.05) is 44.3 Å². The highest BCUT2D eigenvalue weighted by molar-refractivity contribution is 6.97. The summed E-state index contributed by atoms with van der Waals surface area (Å²) in [5, 5.41) is 4.28. The Kier molecular flexibility index (Phi) is 6.53. The van der Waals surface area contributed by atoms with Crippen molar-refractivity contribution < 1.29 is 0 Å². The lowest BCUT2D eigenvalue weighted by Gasteiger charge is -2.38. The first-order valence-corrected chi connectivity index (χ1v) is 20.3. The van der Waals surface area contributed by atoms with Gasteiger partial charge in [-0.05, 0) is 130 Å². The topological polar surface area (TPSA) is 9.86 Å². The molecule has 1 unspecified atom stereocenters. The molecule has 262 valence electrons. The second kappa shape index (κ2) is 10.9. The van der Waals surface area contributed by atoms with Crippen LogP contribution < -0.4 is 10.9 Å². The molecule has 3 heteroatoms. The summed E-state index contributed by atoms with van der Waals surface area (Å²) in [4.78, 5) is 0. The molecule has 6 aliphatic rings. The lowest BCUT2D eigenvalue weighted by Crippen LogP contribution is -2.52. The van der Waals surface area contributed by atoms with Crippen molar-refractivity contribution >= 4 is 79.0 Å². The monoisotopic (exact) mass is 688 g/mol. The average molecular weight is 689 g/mol. The van der Waals surface area contributed by atoms with E-state index in [2.05, 4.69) is 148 Å². The smallest absolute Gasteiger partial charge is 0.251 e. The zero-order valence-electron chi connectivity index (χ0n) is 32.2. The Balaban J connectivity index is 1.26.